The minimum absolute atomic E-state index is 0.132. The lowest BCUT2D eigenvalue weighted by atomic mass is 10.1. The molecule has 1 amide bonds. The predicted octanol–water partition coefficient (Wildman–Crippen LogP) is 2.78. The highest BCUT2D eigenvalue weighted by molar-refractivity contribution is 5.93. The van der Waals surface area contributed by atoms with Gasteiger partial charge in [-0.05, 0) is 25.8 Å². The zero-order valence-corrected chi connectivity index (χ0v) is 15.3. The fraction of sp³-hybridized carbons (Fsp3) is 0.450. The van der Waals surface area contributed by atoms with Crippen LogP contribution in [0.25, 0.3) is 0 Å². The van der Waals surface area contributed by atoms with E-state index in [9.17, 15) is 9.59 Å². The first-order chi connectivity index (χ1) is 12.6. The van der Waals surface area contributed by atoms with Gasteiger partial charge in [-0.1, -0.05) is 25.3 Å². The first-order valence-corrected chi connectivity index (χ1v) is 9.31. The molecule has 1 aliphatic rings. The monoisotopic (exact) mass is 354 g/mol. The van der Waals surface area contributed by atoms with Crippen molar-refractivity contribution < 1.29 is 4.79 Å². The van der Waals surface area contributed by atoms with Gasteiger partial charge in [-0.15, -0.1) is 0 Å². The maximum absolute atomic E-state index is 12.4. The fourth-order valence-corrected chi connectivity index (χ4v) is 3.33. The molecule has 0 aliphatic carbocycles. The van der Waals surface area contributed by atoms with Crippen LogP contribution in [0.4, 0.5) is 5.82 Å². The number of rotatable bonds is 4. The molecule has 0 radical (unpaired) electrons. The standard InChI is InChI=1S/C20H26N4O2/c1-15-12-18(25)17(14-22-15)20(26)23-13-16-8-7-9-21-19(16)24-10-5-3-2-4-6-11-24/h7-9,12,14H,2-6,10-11,13H2,1H3,(H,22,25)(H,23,26). The van der Waals surface area contributed by atoms with Gasteiger partial charge in [-0.2, -0.15) is 0 Å². The number of H-pyrrole nitrogens is 1. The third-order valence-electron chi connectivity index (χ3n) is 4.76. The third-order valence-corrected chi connectivity index (χ3v) is 4.76. The third kappa shape index (κ3) is 4.50. The molecule has 1 fully saturated rings. The maximum Gasteiger partial charge on any atom is 0.257 e. The quantitative estimate of drug-likeness (QED) is 0.885. The van der Waals surface area contributed by atoms with Gasteiger partial charge < -0.3 is 15.2 Å². The summed E-state index contributed by atoms with van der Waals surface area (Å²) in [6.07, 6.45) is 9.42. The van der Waals surface area contributed by atoms with Crippen molar-refractivity contribution in [2.75, 3.05) is 18.0 Å². The summed E-state index contributed by atoms with van der Waals surface area (Å²) in [6.45, 7) is 4.13. The second-order valence-corrected chi connectivity index (χ2v) is 6.82. The van der Waals surface area contributed by atoms with Crippen LogP contribution in [0.3, 0.4) is 0 Å². The molecule has 6 heteroatoms. The van der Waals surface area contributed by atoms with Gasteiger partial charge in [0.1, 0.15) is 11.4 Å². The van der Waals surface area contributed by atoms with Crippen molar-refractivity contribution in [3.63, 3.8) is 0 Å². The largest absolute Gasteiger partial charge is 0.364 e. The summed E-state index contributed by atoms with van der Waals surface area (Å²) in [5, 5.41) is 2.86. The normalized spacial score (nSPS) is 15.2. The van der Waals surface area contributed by atoms with Crippen LogP contribution >= 0.6 is 0 Å². The van der Waals surface area contributed by atoms with Crippen molar-refractivity contribution in [3.05, 3.63) is 57.6 Å². The molecular weight excluding hydrogens is 328 g/mol. The lowest BCUT2D eigenvalue weighted by Crippen LogP contribution is -2.31. The number of nitrogens with one attached hydrogen (secondary N) is 2. The van der Waals surface area contributed by atoms with E-state index in [4.69, 9.17) is 0 Å². The van der Waals surface area contributed by atoms with Crippen LogP contribution in [0.5, 0.6) is 0 Å². The van der Waals surface area contributed by atoms with Crippen molar-refractivity contribution >= 4 is 11.7 Å². The fourth-order valence-electron chi connectivity index (χ4n) is 3.33. The number of nitrogens with zero attached hydrogens (tertiary/aromatic N) is 2. The molecule has 1 saturated heterocycles. The molecule has 0 saturated carbocycles. The number of hydrogen-bond donors (Lipinski definition) is 2. The zero-order valence-electron chi connectivity index (χ0n) is 15.3. The van der Waals surface area contributed by atoms with E-state index in [-0.39, 0.29) is 16.9 Å². The van der Waals surface area contributed by atoms with Crippen LogP contribution in [-0.4, -0.2) is 29.0 Å². The summed E-state index contributed by atoms with van der Waals surface area (Å²) >= 11 is 0. The Kier molecular flexibility index (Phi) is 6.04. The first kappa shape index (κ1) is 18.2. The summed E-state index contributed by atoms with van der Waals surface area (Å²) in [6, 6.07) is 5.30. The topological polar surface area (TPSA) is 78.1 Å². The molecule has 3 heterocycles. The Bertz CT molecular complexity index is 807. The molecule has 0 bridgehead atoms. The molecule has 1 aliphatic heterocycles. The molecule has 138 valence electrons. The van der Waals surface area contributed by atoms with Crippen molar-refractivity contribution in [1.29, 1.82) is 0 Å². The number of amides is 1. The van der Waals surface area contributed by atoms with Gasteiger partial charge in [0.05, 0.1) is 0 Å². The Morgan fingerprint density at radius 1 is 1.23 bits per heavy atom. The Morgan fingerprint density at radius 3 is 2.69 bits per heavy atom. The molecule has 0 spiro atoms. The Hall–Kier alpha value is -2.63. The number of aromatic amines is 1. The Morgan fingerprint density at radius 2 is 1.96 bits per heavy atom. The highest BCUT2D eigenvalue weighted by Crippen LogP contribution is 2.21. The van der Waals surface area contributed by atoms with E-state index >= 15 is 0 Å². The highest BCUT2D eigenvalue weighted by Gasteiger charge is 2.16. The van der Waals surface area contributed by atoms with Crippen molar-refractivity contribution in [2.24, 2.45) is 0 Å². The summed E-state index contributed by atoms with van der Waals surface area (Å²) < 4.78 is 0. The highest BCUT2D eigenvalue weighted by atomic mass is 16.2. The SMILES string of the molecule is Cc1cc(=O)c(C(=O)NCc2cccnc2N2CCCCCCC2)c[nH]1. The van der Waals surface area contributed by atoms with Crippen LogP contribution < -0.4 is 15.6 Å². The molecule has 26 heavy (non-hydrogen) atoms. The van der Waals surface area contributed by atoms with Crippen LogP contribution in [0, 0.1) is 6.92 Å². The number of carbonyl (C=O) groups is 1. The molecule has 2 N–H and O–H groups in total. The number of pyridine rings is 2. The van der Waals surface area contributed by atoms with E-state index in [2.05, 4.69) is 20.2 Å². The van der Waals surface area contributed by atoms with E-state index in [1.807, 2.05) is 12.1 Å². The summed E-state index contributed by atoms with van der Waals surface area (Å²) in [7, 11) is 0. The number of aromatic nitrogens is 2. The van der Waals surface area contributed by atoms with Crippen LogP contribution in [0.15, 0.2) is 35.4 Å². The van der Waals surface area contributed by atoms with Crippen LogP contribution in [-0.2, 0) is 6.54 Å². The molecular formula is C20H26N4O2. The summed E-state index contributed by atoms with van der Waals surface area (Å²) in [5.41, 5.74) is 1.57. The van der Waals surface area contributed by atoms with E-state index in [0.29, 0.717) is 6.54 Å². The average Bonchev–Trinajstić information content (AvgIpc) is 2.60. The number of hydrogen-bond acceptors (Lipinski definition) is 4. The zero-order chi connectivity index (χ0) is 18.4. The lowest BCUT2D eigenvalue weighted by Gasteiger charge is -2.27. The second kappa shape index (κ2) is 8.65. The number of anilines is 1. The second-order valence-electron chi connectivity index (χ2n) is 6.82. The van der Waals surface area contributed by atoms with Crippen LogP contribution in [0.2, 0.25) is 0 Å². The van der Waals surface area contributed by atoms with E-state index < -0.39 is 0 Å². The van der Waals surface area contributed by atoms with Crippen molar-refractivity contribution in [3.8, 4) is 0 Å². The van der Waals surface area contributed by atoms with Gasteiger partial charge in [-0.3, -0.25) is 9.59 Å². The molecule has 2 aromatic rings. The first-order valence-electron chi connectivity index (χ1n) is 9.31. The van der Waals surface area contributed by atoms with Gasteiger partial charge in [0.2, 0.25) is 0 Å². The average molecular weight is 354 g/mol. The molecule has 0 unspecified atom stereocenters. The molecule has 3 rings (SSSR count). The molecule has 6 nitrogen and oxygen atoms in total. The minimum Gasteiger partial charge on any atom is -0.364 e. The Labute approximate surface area is 153 Å². The maximum atomic E-state index is 12.4. The molecule has 2 aromatic heterocycles. The molecule has 0 atom stereocenters. The lowest BCUT2D eigenvalue weighted by molar-refractivity contribution is 0.0949. The van der Waals surface area contributed by atoms with E-state index in [0.717, 1.165) is 30.2 Å². The van der Waals surface area contributed by atoms with Gasteiger partial charge in [0, 0.05) is 49.4 Å². The van der Waals surface area contributed by atoms with E-state index in [1.54, 1.807) is 13.1 Å². The van der Waals surface area contributed by atoms with Gasteiger partial charge in [0.25, 0.3) is 5.91 Å². The van der Waals surface area contributed by atoms with Gasteiger partial charge >= 0.3 is 0 Å². The summed E-state index contributed by atoms with van der Waals surface area (Å²) in [5.74, 6) is 0.571. The minimum atomic E-state index is -0.367. The number of aryl methyl sites for hydroxylation is 1. The van der Waals surface area contributed by atoms with E-state index in [1.165, 1.54) is 44.4 Å². The molecule has 0 aromatic carbocycles. The van der Waals surface area contributed by atoms with Gasteiger partial charge in [0.15, 0.2) is 5.43 Å². The smallest absolute Gasteiger partial charge is 0.257 e. The van der Waals surface area contributed by atoms with Gasteiger partial charge in [-0.25, -0.2) is 4.98 Å². The van der Waals surface area contributed by atoms with Crippen molar-refractivity contribution in [1.82, 2.24) is 15.3 Å². The van der Waals surface area contributed by atoms with Crippen molar-refractivity contribution in [2.45, 2.75) is 45.6 Å². The van der Waals surface area contributed by atoms with Crippen LogP contribution in [0.1, 0.15) is 53.7 Å². The number of carbonyl (C=O) groups excluding carboxylic acids is 1. The Balaban J connectivity index is 1.71. The summed E-state index contributed by atoms with van der Waals surface area (Å²) in [4.78, 5) is 34.1. The predicted molar refractivity (Wildman–Crippen MR) is 103 cm³/mol.